The Morgan fingerprint density at radius 1 is 1.39 bits per heavy atom. The molecule has 0 saturated carbocycles. The first-order valence-corrected chi connectivity index (χ1v) is 5.35. The molecule has 6 nitrogen and oxygen atoms in total. The number of nitrogen functional groups attached to an aromatic ring is 1. The Morgan fingerprint density at radius 3 is 2.61 bits per heavy atom. The van der Waals surface area contributed by atoms with Gasteiger partial charge in [-0.3, -0.25) is 4.79 Å². The standard InChI is InChI=1S/C12H16N2O4/c1-7(11(15)14-2)18-10-6-8(12(16)17-3)4-5-9(10)13/h4-7H,13H2,1-3H3,(H,14,15). The second kappa shape index (κ2) is 5.90. The van der Waals surface area contributed by atoms with Crippen LogP contribution < -0.4 is 15.8 Å². The van der Waals surface area contributed by atoms with E-state index in [1.165, 1.54) is 32.4 Å². The average Bonchev–Trinajstić information content (AvgIpc) is 2.39. The van der Waals surface area contributed by atoms with E-state index in [1.807, 2.05) is 0 Å². The number of hydrogen-bond acceptors (Lipinski definition) is 5. The fourth-order valence-electron chi connectivity index (χ4n) is 1.33. The van der Waals surface area contributed by atoms with Crippen molar-refractivity contribution >= 4 is 17.6 Å². The molecule has 3 N–H and O–H groups in total. The van der Waals surface area contributed by atoms with Gasteiger partial charge in [-0.05, 0) is 25.1 Å². The molecule has 1 unspecified atom stereocenters. The number of anilines is 1. The number of benzene rings is 1. The Hall–Kier alpha value is -2.24. The van der Waals surface area contributed by atoms with Crippen molar-refractivity contribution in [2.75, 3.05) is 19.9 Å². The number of methoxy groups -OCH3 is 1. The summed E-state index contributed by atoms with van der Waals surface area (Å²) in [5, 5.41) is 2.46. The van der Waals surface area contributed by atoms with Crippen LogP contribution in [0.5, 0.6) is 5.75 Å². The third-order valence-corrected chi connectivity index (χ3v) is 2.35. The summed E-state index contributed by atoms with van der Waals surface area (Å²) in [5.74, 6) is -0.501. The molecular weight excluding hydrogens is 236 g/mol. The molecular formula is C12H16N2O4. The maximum absolute atomic E-state index is 11.4. The van der Waals surface area contributed by atoms with Gasteiger partial charge in [-0.25, -0.2) is 4.79 Å². The number of esters is 1. The first-order valence-electron chi connectivity index (χ1n) is 5.35. The Kier molecular flexibility index (Phi) is 4.53. The van der Waals surface area contributed by atoms with Gasteiger partial charge in [-0.2, -0.15) is 0 Å². The number of ether oxygens (including phenoxy) is 2. The molecule has 0 bridgehead atoms. The zero-order valence-electron chi connectivity index (χ0n) is 10.5. The number of nitrogens with one attached hydrogen (secondary N) is 1. The van der Waals surface area contributed by atoms with E-state index in [4.69, 9.17) is 10.5 Å². The van der Waals surface area contributed by atoms with E-state index >= 15 is 0 Å². The quantitative estimate of drug-likeness (QED) is 0.604. The van der Waals surface area contributed by atoms with Gasteiger partial charge < -0.3 is 20.5 Å². The highest BCUT2D eigenvalue weighted by Gasteiger charge is 2.16. The van der Waals surface area contributed by atoms with Gasteiger partial charge in [0.05, 0.1) is 18.4 Å². The van der Waals surface area contributed by atoms with Crippen molar-refractivity contribution in [3.8, 4) is 5.75 Å². The summed E-state index contributed by atoms with van der Waals surface area (Å²) in [6, 6.07) is 4.50. The maximum Gasteiger partial charge on any atom is 0.337 e. The van der Waals surface area contributed by atoms with Crippen molar-refractivity contribution < 1.29 is 19.1 Å². The van der Waals surface area contributed by atoms with Crippen LogP contribution in [0.3, 0.4) is 0 Å². The average molecular weight is 252 g/mol. The van der Waals surface area contributed by atoms with E-state index in [0.717, 1.165) is 0 Å². The van der Waals surface area contributed by atoms with E-state index in [1.54, 1.807) is 6.92 Å². The molecule has 0 radical (unpaired) electrons. The third-order valence-electron chi connectivity index (χ3n) is 2.35. The highest BCUT2D eigenvalue weighted by atomic mass is 16.5. The minimum absolute atomic E-state index is 0.272. The normalized spacial score (nSPS) is 11.5. The highest BCUT2D eigenvalue weighted by Crippen LogP contribution is 2.24. The van der Waals surface area contributed by atoms with Crippen LogP contribution >= 0.6 is 0 Å². The predicted octanol–water partition coefficient (Wildman–Crippen LogP) is 0.569. The van der Waals surface area contributed by atoms with E-state index < -0.39 is 12.1 Å². The van der Waals surface area contributed by atoms with Crippen LogP contribution in [0, 0.1) is 0 Å². The smallest absolute Gasteiger partial charge is 0.337 e. The first kappa shape index (κ1) is 13.8. The fraction of sp³-hybridized carbons (Fsp3) is 0.333. The maximum atomic E-state index is 11.4. The van der Waals surface area contributed by atoms with Crippen LogP contribution in [-0.2, 0) is 9.53 Å². The zero-order chi connectivity index (χ0) is 13.7. The molecule has 98 valence electrons. The molecule has 0 spiro atoms. The van der Waals surface area contributed by atoms with E-state index in [2.05, 4.69) is 10.1 Å². The number of likely N-dealkylation sites (N-methyl/N-ethyl adjacent to an activating group) is 1. The zero-order valence-corrected chi connectivity index (χ0v) is 10.5. The van der Waals surface area contributed by atoms with Crippen molar-refractivity contribution in [3.05, 3.63) is 23.8 Å². The molecule has 1 atom stereocenters. The van der Waals surface area contributed by atoms with Gasteiger partial charge in [0.2, 0.25) is 0 Å². The minimum Gasteiger partial charge on any atom is -0.479 e. The van der Waals surface area contributed by atoms with Gasteiger partial charge in [0.1, 0.15) is 5.75 Å². The highest BCUT2D eigenvalue weighted by molar-refractivity contribution is 5.90. The Bertz CT molecular complexity index is 459. The third kappa shape index (κ3) is 3.13. The van der Waals surface area contributed by atoms with Crippen molar-refractivity contribution in [1.29, 1.82) is 0 Å². The topological polar surface area (TPSA) is 90.6 Å². The molecule has 1 amide bonds. The second-order valence-electron chi connectivity index (χ2n) is 3.62. The van der Waals surface area contributed by atoms with Crippen molar-refractivity contribution in [2.24, 2.45) is 0 Å². The number of nitrogens with two attached hydrogens (primary N) is 1. The van der Waals surface area contributed by atoms with Gasteiger partial charge in [-0.15, -0.1) is 0 Å². The van der Waals surface area contributed by atoms with Gasteiger partial charge in [0, 0.05) is 7.05 Å². The lowest BCUT2D eigenvalue weighted by molar-refractivity contribution is -0.126. The molecule has 6 heteroatoms. The molecule has 0 heterocycles. The number of carbonyl (C=O) groups is 2. The van der Waals surface area contributed by atoms with Gasteiger partial charge in [0.15, 0.2) is 6.10 Å². The lowest BCUT2D eigenvalue weighted by Gasteiger charge is -2.15. The molecule has 1 rings (SSSR count). The SMILES string of the molecule is CNC(=O)C(C)Oc1cc(C(=O)OC)ccc1N. The largest absolute Gasteiger partial charge is 0.479 e. The van der Waals surface area contributed by atoms with Crippen molar-refractivity contribution in [2.45, 2.75) is 13.0 Å². The Labute approximate surface area is 105 Å². The number of hydrogen-bond donors (Lipinski definition) is 2. The molecule has 0 aromatic heterocycles. The van der Waals surface area contributed by atoms with E-state index in [9.17, 15) is 9.59 Å². The van der Waals surface area contributed by atoms with Crippen LogP contribution in [0.4, 0.5) is 5.69 Å². The number of amides is 1. The predicted molar refractivity (Wildman–Crippen MR) is 66.4 cm³/mol. The molecule has 0 aliphatic carbocycles. The first-order chi connectivity index (χ1) is 8.49. The van der Waals surface area contributed by atoms with Gasteiger partial charge in [0.25, 0.3) is 5.91 Å². The molecule has 0 fully saturated rings. The van der Waals surface area contributed by atoms with Crippen molar-refractivity contribution in [3.63, 3.8) is 0 Å². The summed E-state index contributed by atoms with van der Waals surface area (Å²) in [4.78, 5) is 22.7. The fourth-order valence-corrected chi connectivity index (χ4v) is 1.33. The summed E-state index contributed by atoms with van der Waals surface area (Å²) < 4.78 is 9.98. The Balaban J connectivity index is 2.94. The van der Waals surface area contributed by atoms with E-state index in [-0.39, 0.29) is 11.7 Å². The molecule has 0 saturated heterocycles. The monoisotopic (exact) mass is 252 g/mol. The molecule has 18 heavy (non-hydrogen) atoms. The van der Waals surface area contributed by atoms with Crippen LogP contribution in [0.15, 0.2) is 18.2 Å². The summed E-state index contributed by atoms with van der Waals surface area (Å²) >= 11 is 0. The van der Waals surface area contributed by atoms with Crippen molar-refractivity contribution in [1.82, 2.24) is 5.32 Å². The lowest BCUT2D eigenvalue weighted by atomic mass is 10.2. The van der Waals surface area contributed by atoms with Crippen LogP contribution in [0.1, 0.15) is 17.3 Å². The van der Waals surface area contributed by atoms with Crippen LogP contribution in [-0.4, -0.2) is 32.1 Å². The summed E-state index contributed by atoms with van der Waals surface area (Å²) in [5.41, 5.74) is 6.37. The molecule has 1 aromatic carbocycles. The summed E-state index contributed by atoms with van der Waals surface area (Å²) in [6.07, 6.45) is -0.704. The lowest BCUT2D eigenvalue weighted by Crippen LogP contribution is -2.33. The van der Waals surface area contributed by atoms with Crippen LogP contribution in [0.2, 0.25) is 0 Å². The minimum atomic E-state index is -0.704. The molecule has 1 aromatic rings. The Morgan fingerprint density at radius 2 is 2.06 bits per heavy atom. The second-order valence-corrected chi connectivity index (χ2v) is 3.62. The number of rotatable bonds is 4. The van der Waals surface area contributed by atoms with Gasteiger partial charge >= 0.3 is 5.97 Å². The van der Waals surface area contributed by atoms with Crippen LogP contribution in [0.25, 0.3) is 0 Å². The van der Waals surface area contributed by atoms with Gasteiger partial charge in [-0.1, -0.05) is 0 Å². The van der Waals surface area contributed by atoms with E-state index in [0.29, 0.717) is 11.3 Å². The summed E-state index contributed by atoms with van der Waals surface area (Å²) in [6.45, 7) is 1.59. The molecule has 0 aliphatic heterocycles. The molecule has 0 aliphatic rings. The number of carbonyl (C=O) groups excluding carboxylic acids is 2. The summed E-state index contributed by atoms with van der Waals surface area (Å²) in [7, 11) is 2.79.